The number of nitrogens with zero attached hydrogens (tertiary/aromatic N) is 2. The van der Waals surface area contributed by atoms with Gasteiger partial charge in [0.1, 0.15) is 18.3 Å². The van der Waals surface area contributed by atoms with E-state index in [9.17, 15) is 25.5 Å². The Hall–Kier alpha value is -1.84. The number of rotatable bonds is 6. The Balaban J connectivity index is 1.59. The molecule has 5 N–H and O–H groups in total. The highest BCUT2D eigenvalue weighted by atomic mass is 16.4. The average Bonchev–Trinajstić information content (AvgIpc) is 2.81. The second-order valence-electron chi connectivity index (χ2n) is 9.40. The fraction of sp³-hybridized carbons (Fsp3) is 0.500. The van der Waals surface area contributed by atoms with Gasteiger partial charge in [0.25, 0.3) is 0 Å². The zero-order chi connectivity index (χ0) is 21.8. The average molecular weight is 427 g/mol. The van der Waals surface area contributed by atoms with Gasteiger partial charge in [0.2, 0.25) is 0 Å². The minimum Gasteiger partial charge on any atom is -0.394 e. The van der Waals surface area contributed by atoms with Crippen LogP contribution in [0.3, 0.4) is 0 Å². The standard InChI is InChI=1S/C24H30N2O5/c27-11-18(28)19(29)20(30)21-25-12-23(16-7-3-1-4-8-16)13-26(21)15-24(14-25,22(23)31)17-9-5-2-6-10-17/h1-10,18-22,27-31H,11-15H2/t18-,19+,20-,21?,22?,23?,24?/m0/s1. The fourth-order valence-electron chi connectivity index (χ4n) is 6.31. The van der Waals surface area contributed by atoms with E-state index in [1.54, 1.807) is 0 Å². The molecule has 0 unspecified atom stereocenters. The Kier molecular flexibility index (Phi) is 5.18. The van der Waals surface area contributed by atoms with Crippen LogP contribution in [0.15, 0.2) is 60.7 Å². The minimum absolute atomic E-state index is 0.502. The summed E-state index contributed by atoms with van der Waals surface area (Å²) in [6.45, 7) is 1.52. The summed E-state index contributed by atoms with van der Waals surface area (Å²) in [6.07, 6.45) is -5.23. The molecule has 0 aliphatic carbocycles. The van der Waals surface area contributed by atoms with Crippen molar-refractivity contribution >= 4 is 0 Å². The lowest BCUT2D eigenvalue weighted by Gasteiger charge is -2.70. The number of benzene rings is 2. The number of aliphatic hydroxyl groups is 5. The lowest BCUT2D eigenvalue weighted by molar-refractivity contribution is -0.241. The second-order valence-corrected chi connectivity index (χ2v) is 9.40. The first kappa shape index (κ1) is 21.0. The summed E-state index contributed by atoms with van der Waals surface area (Å²) < 4.78 is 0. The maximum atomic E-state index is 11.9. The lowest BCUT2D eigenvalue weighted by Crippen LogP contribution is -2.85. The van der Waals surface area contributed by atoms with Gasteiger partial charge in [0.15, 0.2) is 0 Å². The predicted octanol–water partition coefficient (Wildman–Crippen LogP) is -0.731. The molecule has 7 heteroatoms. The highest BCUT2D eigenvalue weighted by molar-refractivity contribution is 5.42. The molecule has 4 saturated heterocycles. The first-order chi connectivity index (χ1) is 14.9. The highest BCUT2D eigenvalue weighted by Gasteiger charge is 2.67. The number of piperidine rings is 2. The molecule has 2 aromatic rings. The van der Waals surface area contributed by atoms with Gasteiger partial charge < -0.3 is 25.5 Å². The van der Waals surface area contributed by atoms with Crippen LogP contribution in [-0.4, -0.2) is 98.7 Å². The van der Waals surface area contributed by atoms with Gasteiger partial charge in [0.05, 0.1) is 18.9 Å². The van der Waals surface area contributed by atoms with Gasteiger partial charge in [-0.15, -0.1) is 0 Å². The van der Waals surface area contributed by atoms with Crippen molar-refractivity contribution in [3.05, 3.63) is 71.8 Å². The monoisotopic (exact) mass is 426 g/mol. The summed E-state index contributed by atoms with van der Waals surface area (Å²) in [5, 5.41) is 52.4. The van der Waals surface area contributed by atoms with Crippen molar-refractivity contribution in [1.82, 2.24) is 9.80 Å². The van der Waals surface area contributed by atoms with Crippen molar-refractivity contribution in [3.8, 4) is 0 Å². The molecule has 31 heavy (non-hydrogen) atoms. The first-order valence-electron chi connectivity index (χ1n) is 10.9. The largest absolute Gasteiger partial charge is 0.394 e. The molecule has 166 valence electrons. The minimum atomic E-state index is -1.46. The molecule has 2 aromatic carbocycles. The van der Waals surface area contributed by atoms with Crippen LogP contribution in [0.25, 0.3) is 0 Å². The molecule has 0 aromatic heterocycles. The Morgan fingerprint density at radius 2 is 1.19 bits per heavy atom. The van der Waals surface area contributed by atoms with Gasteiger partial charge in [-0.1, -0.05) is 60.7 Å². The molecule has 0 amide bonds. The van der Waals surface area contributed by atoms with Crippen molar-refractivity contribution in [1.29, 1.82) is 0 Å². The van der Waals surface area contributed by atoms with Crippen LogP contribution in [0, 0.1) is 0 Å². The Morgan fingerprint density at radius 1 is 0.774 bits per heavy atom. The lowest BCUT2D eigenvalue weighted by atomic mass is 9.54. The molecule has 7 nitrogen and oxygen atoms in total. The van der Waals surface area contributed by atoms with Crippen LogP contribution in [0.1, 0.15) is 11.1 Å². The van der Waals surface area contributed by atoms with Crippen molar-refractivity contribution in [3.63, 3.8) is 0 Å². The third-order valence-corrected chi connectivity index (χ3v) is 7.67. The summed E-state index contributed by atoms with van der Waals surface area (Å²) in [4.78, 5) is 4.25. The van der Waals surface area contributed by atoms with Crippen molar-refractivity contribution in [2.24, 2.45) is 0 Å². The molecule has 4 aliphatic rings. The zero-order valence-electron chi connectivity index (χ0n) is 17.3. The molecule has 0 radical (unpaired) electrons. The van der Waals surface area contributed by atoms with Gasteiger partial charge in [0, 0.05) is 37.0 Å². The van der Waals surface area contributed by atoms with Crippen LogP contribution in [-0.2, 0) is 10.8 Å². The van der Waals surface area contributed by atoms with E-state index < -0.39 is 48.0 Å². The van der Waals surface area contributed by atoms with Gasteiger partial charge in [-0.25, -0.2) is 0 Å². The second kappa shape index (κ2) is 7.64. The molecule has 4 aliphatic heterocycles. The molecule has 0 saturated carbocycles. The third kappa shape index (κ3) is 3.00. The summed E-state index contributed by atoms with van der Waals surface area (Å²) in [5.41, 5.74) is 1.04. The quantitative estimate of drug-likeness (QED) is 0.415. The molecule has 4 fully saturated rings. The van der Waals surface area contributed by atoms with E-state index in [4.69, 9.17) is 0 Å². The number of aliphatic hydroxyl groups excluding tert-OH is 5. The van der Waals surface area contributed by atoms with Crippen molar-refractivity contribution in [2.75, 3.05) is 32.8 Å². The molecule has 4 bridgehead atoms. The maximum Gasteiger partial charge on any atom is 0.111 e. The van der Waals surface area contributed by atoms with Gasteiger partial charge >= 0.3 is 0 Å². The van der Waals surface area contributed by atoms with Gasteiger partial charge in [-0.3, -0.25) is 9.80 Å². The summed E-state index contributed by atoms with van der Waals surface area (Å²) in [5.74, 6) is 0. The molecule has 6 rings (SSSR count). The van der Waals surface area contributed by atoms with Crippen molar-refractivity contribution in [2.45, 2.75) is 41.4 Å². The highest BCUT2D eigenvalue weighted by Crippen LogP contribution is 2.53. The number of hydrogen-bond acceptors (Lipinski definition) is 7. The van der Waals surface area contributed by atoms with Crippen LogP contribution in [0.5, 0.6) is 0 Å². The van der Waals surface area contributed by atoms with E-state index in [1.807, 2.05) is 60.7 Å². The van der Waals surface area contributed by atoms with Gasteiger partial charge in [-0.05, 0) is 11.1 Å². The smallest absolute Gasteiger partial charge is 0.111 e. The van der Waals surface area contributed by atoms with Gasteiger partial charge in [-0.2, -0.15) is 0 Å². The SMILES string of the molecule is OC[C@H](O)[C@@H](O)[C@H](O)C1N2CC3(c4ccccc4)CN1CC(c1ccccc1)(C2)C3O. The van der Waals surface area contributed by atoms with E-state index >= 15 is 0 Å². The first-order valence-corrected chi connectivity index (χ1v) is 10.9. The van der Waals surface area contributed by atoms with E-state index in [0.29, 0.717) is 26.2 Å². The third-order valence-electron chi connectivity index (χ3n) is 7.67. The Labute approximate surface area is 181 Å². The zero-order valence-corrected chi connectivity index (χ0v) is 17.3. The van der Waals surface area contributed by atoms with Crippen LogP contribution in [0.4, 0.5) is 0 Å². The molecule has 4 heterocycles. The normalized spacial score (nSPS) is 39.3. The summed E-state index contributed by atoms with van der Waals surface area (Å²) >= 11 is 0. The summed E-state index contributed by atoms with van der Waals surface area (Å²) in [7, 11) is 0. The van der Waals surface area contributed by atoms with Crippen LogP contribution < -0.4 is 0 Å². The fourth-order valence-corrected chi connectivity index (χ4v) is 6.31. The topological polar surface area (TPSA) is 108 Å². The molecule has 3 atom stereocenters. The number of hydrogen-bond donors (Lipinski definition) is 5. The predicted molar refractivity (Wildman–Crippen MR) is 114 cm³/mol. The van der Waals surface area contributed by atoms with E-state index in [-0.39, 0.29) is 0 Å². The van der Waals surface area contributed by atoms with E-state index in [2.05, 4.69) is 9.80 Å². The molecular weight excluding hydrogens is 396 g/mol. The van der Waals surface area contributed by atoms with Crippen LogP contribution >= 0.6 is 0 Å². The van der Waals surface area contributed by atoms with Crippen molar-refractivity contribution < 1.29 is 25.5 Å². The van der Waals surface area contributed by atoms with E-state index in [0.717, 1.165) is 11.1 Å². The maximum absolute atomic E-state index is 11.9. The Morgan fingerprint density at radius 3 is 1.58 bits per heavy atom. The molecular formula is C24H30N2O5. The van der Waals surface area contributed by atoms with E-state index in [1.165, 1.54) is 0 Å². The van der Waals surface area contributed by atoms with Crippen LogP contribution in [0.2, 0.25) is 0 Å². The summed E-state index contributed by atoms with van der Waals surface area (Å²) in [6, 6.07) is 20.0. The Bertz CT molecular complexity index is 835. The molecule has 0 spiro atoms.